The molecule has 2 N–H and O–H groups in total. The van der Waals surface area contributed by atoms with Gasteiger partial charge in [0.05, 0.1) is 0 Å². The lowest BCUT2D eigenvalue weighted by molar-refractivity contribution is 0.194. The Bertz CT molecular complexity index is 1170. The van der Waals surface area contributed by atoms with E-state index in [0.717, 1.165) is 62.0 Å². The van der Waals surface area contributed by atoms with Gasteiger partial charge in [-0.15, -0.1) is 0 Å². The van der Waals surface area contributed by atoms with Crippen LogP contribution in [0.1, 0.15) is 5.56 Å². The van der Waals surface area contributed by atoms with E-state index >= 15 is 0 Å². The minimum absolute atomic E-state index is 0.0724. The van der Waals surface area contributed by atoms with Crippen LogP contribution in [0.15, 0.2) is 66.9 Å². The lowest BCUT2D eigenvalue weighted by atomic mass is 10.2. The third-order valence-electron chi connectivity index (χ3n) is 6.81. The lowest BCUT2D eigenvalue weighted by Gasteiger charge is -2.37. The van der Waals surface area contributed by atoms with E-state index in [9.17, 15) is 14.3 Å². The van der Waals surface area contributed by atoms with Crippen molar-refractivity contribution < 1.29 is 14.3 Å². The Hall–Kier alpha value is -4.01. The van der Waals surface area contributed by atoms with Gasteiger partial charge in [-0.05, 0) is 54.1 Å². The number of aromatic nitrogens is 1. The number of carbonyl (C=O) groups is 1. The molecule has 0 bridgehead atoms. The monoisotopic (exact) mass is 490 g/mol. The van der Waals surface area contributed by atoms with E-state index in [2.05, 4.69) is 25.0 Å². The molecule has 0 saturated carbocycles. The predicted octanol–water partition coefficient (Wildman–Crippen LogP) is 3.28. The zero-order valence-corrected chi connectivity index (χ0v) is 20.2. The van der Waals surface area contributed by atoms with Crippen LogP contribution < -0.4 is 20.0 Å². The highest BCUT2D eigenvalue weighted by atomic mass is 19.1. The Morgan fingerprint density at radius 2 is 1.50 bits per heavy atom. The zero-order valence-electron chi connectivity index (χ0n) is 20.2. The van der Waals surface area contributed by atoms with Crippen LogP contribution in [0.3, 0.4) is 0 Å². The molecule has 2 saturated heterocycles. The number of halogens is 1. The molecule has 3 heterocycles. The number of hydrogen-bond donors (Lipinski definition) is 2. The first-order chi connectivity index (χ1) is 17.5. The quantitative estimate of drug-likeness (QED) is 0.572. The minimum Gasteiger partial charge on any atom is -0.508 e. The summed E-state index contributed by atoms with van der Waals surface area (Å²) in [6, 6.07) is 17.7. The second-order valence-corrected chi connectivity index (χ2v) is 9.13. The van der Waals surface area contributed by atoms with Gasteiger partial charge in [0.15, 0.2) is 0 Å². The van der Waals surface area contributed by atoms with Crippen LogP contribution in [0, 0.1) is 5.82 Å². The number of aromatic hydroxyl groups is 1. The van der Waals surface area contributed by atoms with Gasteiger partial charge in [-0.1, -0.05) is 6.07 Å². The summed E-state index contributed by atoms with van der Waals surface area (Å²) in [4.78, 5) is 25.8. The number of anilines is 3. The highest BCUT2D eigenvalue weighted by molar-refractivity contribution is 5.74. The highest BCUT2D eigenvalue weighted by Crippen LogP contribution is 2.22. The summed E-state index contributed by atoms with van der Waals surface area (Å²) in [6.07, 6.45) is 1.79. The minimum atomic E-state index is -0.221. The molecule has 2 aliphatic heterocycles. The van der Waals surface area contributed by atoms with E-state index in [-0.39, 0.29) is 17.6 Å². The number of pyridine rings is 1. The van der Waals surface area contributed by atoms with Crippen LogP contribution in [0.25, 0.3) is 0 Å². The molecule has 9 heteroatoms. The number of phenols is 1. The molecule has 5 rings (SSSR count). The third-order valence-corrected chi connectivity index (χ3v) is 6.81. The maximum absolute atomic E-state index is 13.2. The molecule has 0 spiro atoms. The molecule has 0 aliphatic carbocycles. The molecule has 188 valence electrons. The van der Waals surface area contributed by atoms with E-state index in [1.807, 2.05) is 41.3 Å². The maximum Gasteiger partial charge on any atom is 0.317 e. The molecule has 0 radical (unpaired) electrons. The Balaban J connectivity index is 1.10. The van der Waals surface area contributed by atoms with Gasteiger partial charge in [0.2, 0.25) is 0 Å². The molecule has 36 heavy (non-hydrogen) atoms. The van der Waals surface area contributed by atoms with Gasteiger partial charge < -0.3 is 30.0 Å². The largest absolute Gasteiger partial charge is 0.508 e. The van der Waals surface area contributed by atoms with E-state index < -0.39 is 0 Å². The molecule has 2 aromatic carbocycles. The Kier molecular flexibility index (Phi) is 7.06. The Labute approximate surface area is 210 Å². The molecule has 8 nitrogen and oxygen atoms in total. The van der Waals surface area contributed by atoms with E-state index in [1.54, 1.807) is 18.3 Å². The van der Waals surface area contributed by atoms with Crippen LogP contribution in [0.5, 0.6) is 5.75 Å². The molecule has 1 aromatic heterocycles. The van der Waals surface area contributed by atoms with Gasteiger partial charge in [0.25, 0.3) is 0 Å². The van der Waals surface area contributed by atoms with Crippen LogP contribution >= 0.6 is 0 Å². The number of carbonyl (C=O) groups excluding carboxylic acids is 1. The third kappa shape index (κ3) is 5.62. The van der Waals surface area contributed by atoms with Gasteiger partial charge in [-0.25, -0.2) is 14.2 Å². The second kappa shape index (κ2) is 10.7. The molecular weight excluding hydrogens is 459 g/mol. The van der Waals surface area contributed by atoms with E-state index in [1.165, 1.54) is 12.1 Å². The first kappa shape index (κ1) is 23.7. The Morgan fingerprint density at radius 3 is 2.22 bits per heavy atom. The summed E-state index contributed by atoms with van der Waals surface area (Å²) in [7, 11) is 0. The number of hydrogen-bond acceptors (Lipinski definition) is 6. The summed E-state index contributed by atoms with van der Waals surface area (Å²) in [5.41, 5.74) is 3.01. The fourth-order valence-electron chi connectivity index (χ4n) is 4.74. The van der Waals surface area contributed by atoms with Crippen molar-refractivity contribution in [3.05, 3.63) is 78.2 Å². The normalized spacial score (nSPS) is 16.2. The number of benzene rings is 2. The highest BCUT2D eigenvalue weighted by Gasteiger charge is 2.22. The van der Waals surface area contributed by atoms with E-state index in [0.29, 0.717) is 19.6 Å². The van der Waals surface area contributed by atoms with Crippen molar-refractivity contribution in [1.82, 2.24) is 15.2 Å². The van der Waals surface area contributed by atoms with Crippen LogP contribution in [0.4, 0.5) is 26.4 Å². The van der Waals surface area contributed by atoms with Crippen molar-refractivity contribution in [2.45, 2.75) is 6.54 Å². The van der Waals surface area contributed by atoms with Crippen molar-refractivity contribution >= 4 is 23.2 Å². The van der Waals surface area contributed by atoms with Gasteiger partial charge in [0.1, 0.15) is 17.4 Å². The number of rotatable bonds is 5. The summed E-state index contributed by atoms with van der Waals surface area (Å²) in [5.74, 6) is 0.931. The lowest BCUT2D eigenvalue weighted by Crippen LogP contribution is -2.51. The Morgan fingerprint density at radius 1 is 0.833 bits per heavy atom. The molecular formula is C27H31FN6O2. The van der Waals surface area contributed by atoms with Crippen LogP contribution in [-0.4, -0.2) is 73.4 Å². The molecule has 2 aliphatic rings. The zero-order chi connectivity index (χ0) is 24.9. The average molecular weight is 491 g/mol. The molecule has 3 aromatic rings. The second-order valence-electron chi connectivity index (χ2n) is 9.13. The fraction of sp³-hybridized carbons (Fsp3) is 0.333. The van der Waals surface area contributed by atoms with Crippen molar-refractivity contribution in [2.24, 2.45) is 0 Å². The molecule has 2 fully saturated rings. The van der Waals surface area contributed by atoms with E-state index in [4.69, 9.17) is 0 Å². The van der Waals surface area contributed by atoms with Crippen molar-refractivity contribution in [1.29, 1.82) is 0 Å². The van der Waals surface area contributed by atoms with Gasteiger partial charge >= 0.3 is 6.03 Å². The average Bonchev–Trinajstić information content (AvgIpc) is 2.92. The van der Waals surface area contributed by atoms with Crippen molar-refractivity contribution in [2.75, 3.05) is 67.1 Å². The first-order valence-electron chi connectivity index (χ1n) is 12.3. The summed E-state index contributed by atoms with van der Waals surface area (Å²) in [6.45, 7) is 6.46. The first-order valence-corrected chi connectivity index (χ1v) is 12.3. The number of nitrogens with zero attached hydrogens (tertiary/aromatic N) is 5. The van der Waals surface area contributed by atoms with Gasteiger partial charge in [0, 0.05) is 82.5 Å². The number of nitrogens with one attached hydrogen (secondary N) is 1. The van der Waals surface area contributed by atoms with Crippen molar-refractivity contribution in [3.8, 4) is 5.75 Å². The smallest absolute Gasteiger partial charge is 0.317 e. The number of amides is 2. The van der Waals surface area contributed by atoms with Crippen LogP contribution in [-0.2, 0) is 6.54 Å². The molecule has 2 amide bonds. The maximum atomic E-state index is 13.2. The molecule has 0 atom stereocenters. The number of phenolic OH excluding ortho intramolecular Hbond substituents is 1. The summed E-state index contributed by atoms with van der Waals surface area (Å²) >= 11 is 0. The van der Waals surface area contributed by atoms with Gasteiger partial charge in [-0.2, -0.15) is 0 Å². The van der Waals surface area contributed by atoms with Gasteiger partial charge in [-0.3, -0.25) is 0 Å². The predicted molar refractivity (Wildman–Crippen MR) is 139 cm³/mol. The number of piperazine rings is 2. The number of urea groups is 1. The van der Waals surface area contributed by atoms with Crippen molar-refractivity contribution in [3.63, 3.8) is 0 Å². The summed E-state index contributed by atoms with van der Waals surface area (Å²) < 4.78 is 13.2. The summed E-state index contributed by atoms with van der Waals surface area (Å²) in [5, 5.41) is 12.7. The molecule has 0 unspecified atom stereocenters. The SMILES string of the molecule is O=C(NCc1ccnc(N2CCN(c3ccc(F)cc3)CC2)c1)N1CCN(c2cccc(O)c2)CC1. The standard InChI is InChI=1S/C27H31FN6O2/c28-22-4-6-23(7-5-22)31-10-14-33(15-11-31)26-18-21(8-9-29-26)20-30-27(36)34-16-12-32(13-17-34)24-2-1-3-25(35)19-24/h1-9,18-19,35H,10-17,20H2,(H,30,36). The van der Waals surface area contributed by atoms with Crippen LogP contribution in [0.2, 0.25) is 0 Å². The topological polar surface area (TPSA) is 75.2 Å². The fourth-order valence-corrected chi connectivity index (χ4v) is 4.74.